The van der Waals surface area contributed by atoms with Crippen LogP contribution in [0, 0.1) is 5.92 Å². The van der Waals surface area contributed by atoms with Gasteiger partial charge in [-0.05, 0) is 75.3 Å². The zero-order valence-electron chi connectivity index (χ0n) is 20.3. The summed E-state index contributed by atoms with van der Waals surface area (Å²) in [5, 5.41) is 3.11. The van der Waals surface area contributed by atoms with E-state index in [4.69, 9.17) is 9.47 Å². The van der Waals surface area contributed by atoms with Crippen LogP contribution in [-0.2, 0) is 11.2 Å². The molecule has 1 saturated carbocycles. The first-order valence-corrected chi connectivity index (χ1v) is 12.7. The van der Waals surface area contributed by atoms with Crippen molar-refractivity contribution in [2.24, 2.45) is 5.92 Å². The number of rotatable bonds is 9. The van der Waals surface area contributed by atoms with Crippen molar-refractivity contribution in [3.8, 4) is 11.5 Å². The maximum atomic E-state index is 13.4. The predicted molar refractivity (Wildman–Crippen MR) is 132 cm³/mol. The number of nitrogens with one attached hydrogen (secondary N) is 1. The zero-order valence-corrected chi connectivity index (χ0v) is 20.3. The SMILES string of the molecule is CCOc1ccc(CCNC(=O)C2CC3CCCCC3N2C(=O)c2ccccc2)cc1OCC. The van der Waals surface area contributed by atoms with Gasteiger partial charge in [-0.3, -0.25) is 9.59 Å². The lowest BCUT2D eigenvalue weighted by atomic mass is 9.84. The monoisotopic (exact) mass is 464 g/mol. The van der Waals surface area contributed by atoms with Crippen LogP contribution in [0.2, 0.25) is 0 Å². The van der Waals surface area contributed by atoms with Gasteiger partial charge in [-0.15, -0.1) is 0 Å². The Balaban J connectivity index is 1.42. The van der Waals surface area contributed by atoms with Crippen molar-refractivity contribution in [1.82, 2.24) is 10.2 Å². The number of nitrogens with zero attached hydrogens (tertiary/aromatic N) is 1. The molecule has 182 valence electrons. The van der Waals surface area contributed by atoms with Gasteiger partial charge in [0.1, 0.15) is 6.04 Å². The fourth-order valence-corrected chi connectivity index (χ4v) is 5.41. The van der Waals surface area contributed by atoms with Crippen molar-refractivity contribution < 1.29 is 19.1 Å². The van der Waals surface area contributed by atoms with Gasteiger partial charge in [0.25, 0.3) is 5.91 Å². The van der Waals surface area contributed by atoms with Gasteiger partial charge in [-0.2, -0.15) is 0 Å². The standard InChI is InChI=1S/C28H36N2O4/c1-3-33-25-15-14-20(18-26(25)34-4-2)16-17-29-27(31)24-19-22-12-8-9-13-23(22)30(24)28(32)21-10-6-5-7-11-21/h5-7,10-11,14-15,18,22-24H,3-4,8-9,12-13,16-17,19H2,1-2H3,(H,29,31). The normalized spacial score (nSPS) is 21.6. The van der Waals surface area contributed by atoms with Crippen LogP contribution in [-0.4, -0.2) is 48.6 Å². The zero-order chi connectivity index (χ0) is 23.9. The van der Waals surface area contributed by atoms with E-state index in [1.54, 1.807) is 0 Å². The van der Waals surface area contributed by atoms with Gasteiger partial charge in [-0.25, -0.2) is 0 Å². The highest BCUT2D eigenvalue weighted by Gasteiger charge is 2.47. The highest BCUT2D eigenvalue weighted by molar-refractivity contribution is 5.98. The summed E-state index contributed by atoms with van der Waals surface area (Å²) in [6, 6.07) is 15.0. The third-order valence-corrected chi connectivity index (χ3v) is 6.97. The number of ether oxygens (including phenoxy) is 2. The number of hydrogen-bond acceptors (Lipinski definition) is 4. The van der Waals surface area contributed by atoms with Crippen molar-refractivity contribution in [2.45, 2.75) is 64.5 Å². The Bertz CT molecular complexity index is 978. The highest BCUT2D eigenvalue weighted by Crippen LogP contribution is 2.40. The Labute approximate surface area is 202 Å². The maximum Gasteiger partial charge on any atom is 0.254 e. The molecule has 0 aromatic heterocycles. The molecule has 6 heteroatoms. The van der Waals surface area contributed by atoms with E-state index in [0.29, 0.717) is 37.7 Å². The molecule has 2 aromatic rings. The first kappa shape index (κ1) is 24.1. The average Bonchev–Trinajstić information content (AvgIpc) is 3.25. The van der Waals surface area contributed by atoms with Gasteiger partial charge in [0.2, 0.25) is 5.91 Å². The Morgan fingerprint density at radius 2 is 1.71 bits per heavy atom. The smallest absolute Gasteiger partial charge is 0.254 e. The van der Waals surface area contributed by atoms with Crippen LogP contribution in [0.3, 0.4) is 0 Å². The van der Waals surface area contributed by atoms with Crippen LogP contribution in [0.25, 0.3) is 0 Å². The van der Waals surface area contributed by atoms with Crippen molar-refractivity contribution in [2.75, 3.05) is 19.8 Å². The molecule has 0 bridgehead atoms. The molecular weight excluding hydrogens is 428 g/mol. The topological polar surface area (TPSA) is 67.9 Å². The number of carbonyl (C=O) groups is 2. The van der Waals surface area contributed by atoms with E-state index in [0.717, 1.165) is 42.7 Å². The second-order valence-corrected chi connectivity index (χ2v) is 9.13. The molecule has 0 spiro atoms. The molecule has 3 unspecified atom stereocenters. The van der Waals surface area contributed by atoms with Gasteiger partial charge in [0, 0.05) is 18.2 Å². The molecule has 6 nitrogen and oxygen atoms in total. The summed E-state index contributed by atoms with van der Waals surface area (Å²) < 4.78 is 11.4. The van der Waals surface area contributed by atoms with Crippen molar-refractivity contribution in [3.63, 3.8) is 0 Å². The van der Waals surface area contributed by atoms with E-state index in [2.05, 4.69) is 5.32 Å². The number of fused-ring (bicyclic) bond motifs is 1. The summed E-state index contributed by atoms with van der Waals surface area (Å²) in [5.41, 5.74) is 1.73. The summed E-state index contributed by atoms with van der Waals surface area (Å²) in [6.07, 6.45) is 5.83. The second kappa shape index (κ2) is 11.4. The molecular formula is C28H36N2O4. The van der Waals surface area contributed by atoms with E-state index in [1.807, 2.05) is 67.3 Å². The molecule has 1 aliphatic carbocycles. The predicted octanol–water partition coefficient (Wildman–Crippen LogP) is 4.62. The molecule has 2 aliphatic rings. The molecule has 1 saturated heterocycles. The quantitative estimate of drug-likeness (QED) is 0.588. The van der Waals surface area contributed by atoms with Crippen molar-refractivity contribution in [1.29, 1.82) is 0 Å². The molecule has 2 aromatic carbocycles. The number of benzene rings is 2. The second-order valence-electron chi connectivity index (χ2n) is 9.13. The summed E-state index contributed by atoms with van der Waals surface area (Å²) in [5.74, 6) is 1.81. The Kier molecular flexibility index (Phi) is 8.09. The summed E-state index contributed by atoms with van der Waals surface area (Å²) in [6.45, 7) is 5.55. The summed E-state index contributed by atoms with van der Waals surface area (Å²) in [4.78, 5) is 28.6. The summed E-state index contributed by atoms with van der Waals surface area (Å²) >= 11 is 0. The maximum absolute atomic E-state index is 13.4. The third-order valence-electron chi connectivity index (χ3n) is 6.97. The lowest BCUT2D eigenvalue weighted by molar-refractivity contribution is -0.125. The number of hydrogen-bond donors (Lipinski definition) is 1. The van der Waals surface area contributed by atoms with E-state index in [-0.39, 0.29) is 17.9 Å². The molecule has 1 aliphatic heterocycles. The third kappa shape index (κ3) is 5.37. The molecule has 3 atom stereocenters. The van der Waals surface area contributed by atoms with Gasteiger partial charge in [0.15, 0.2) is 11.5 Å². The highest BCUT2D eigenvalue weighted by atomic mass is 16.5. The first-order chi connectivity index (χ1) is 16.6. The minimum absolute atomic E-state index is 0.0250. The van der Waals surface area contributed by atoms with E-state index in [1.165, 1.54) is 6.42 Å². The minimum atomic E-state index is -0.403. The van der Waals surface area contributed by atoms with Crippen LogP contribution in [0.4, 0.5) is 0 Å². The van der Waals surface area contributed by atoms with Crippen molar-refractivity contribution in [3.05, 3.63) is 59.7 Å². The Morgan fingerprint density at radius 3 is 2.47 bits per heavy atom. The molecule has 4 rings (SSSR count). The van der Waals surface area contributed by atoms with Crippen LogP contribution in [0.1, 0.15) is 61.9 Å². The van der Waals surface area contributed by atoms with Crippen LogP contribution in [0.5, 0.6) is 11.5 Å². The van der Waals surface area contributed by atoms with Crippen LogP contribution in [0.15, 0.2) is 48.5 Å². The minimum Gasteiger partial charge on any atom is -0.490 e. The molecule has 1 heterocycles. The van der Waals surface area contributed by atoms with Crippen LogP contribution >= 0.6 is 0 Å². The molecule has 2 amide bonds. The van der Waals surface area contributed by atoms with Crippen molar-refractivity contribution >= 4 is 11.8 Å². The lowest BCUT2D eigenvalue weighted by Crippen LogP contribution is -2.49. The van der Waals surface area contributed by atoms with E-state index in [9.17, 15) is 9.59 Å². The largest absolute Gasteiger partial charge is 0.490 e. The van der Waals surface area contributed by atoms with Gasteiger partial charge in [0.05, 0.1) is 13.2 Å². The molecule has 34 heavy (non-hydrogen) atoms. The van der Waals surface area contributed by atoms with Crippen LogP contribution < -0.4 is 14.8 Å². The Hall–Kier alpha value is -3.02. The van der Waals surface area contributed by atoms with Gasteiger partial charge in [-0.1, -0.05) is 37.1 Å². The molecule has 0 radical (unpaired) electrons. The van der Waals surface area contributed by atoms with E-state index >= 15 is 0 Å². The van der Waals surface area contributed by atoms with Gasteiger partial charge < -0.3 is 19.7 Å². The van der Waals surface area contributed by atoms with Gasteiger partial charge >= 0.3 is 0 Å². The Morgan fingerprint density at radius 1 is 0.971 bits per heavy atom. The number of amides is 2. The fraction of sp³-hybridized carbons (Fsp3) is 0.500. The number of carbonyl (C=O) groups excluding carboxylic acids is 2. The number of likely N-dealkylation sites (tertiary alicyclic amines) is 1. The molecule has 1 N–H and O–H groups in total. The molecule has 2 fully saturated rings. The average molecular weight is 465 g/mol. The fourth-order valence-electron chi connectivity index (χ4n) is 5.41. The summed E-state index contributed by atoms with van der Waals surface area (Å²) in [7, 11) is 0. The lowest BCUT2D eigenvalue weighted by Gasteiger charge is -2.33. The van der Waals surface area contributed by atoms with E-state index < -0.39 is 6.04 Å². The first-order valence-electron chi connectivity index (χ1n) is 12.7.